The third kappa shape index (κ3) is 4.10. The maximum Gasteiger partial charge on any atom is 0.248 e. The standard InChI is InChI=1S/C12H24N2O2/c1-3-8-14(12(15)10-16-4-2)11-6-5-7-13-9-11/h11,13H,3-10H2,1-2H3. The summed E-state index contributed by atoms with van der Waals surface area (Å²) in [5, 5.41) is 3.35. The van der Waals surface area contributed by atoms with Crippen molar-refractivity contribution in [3.8, 4) is 0 Å². The largest absolute Gasteiger partial charge is 0.372 e. The molecule has 0 aromatic carbocycles. The van der Waals surface area contributed by atoms with Crippen molar-refractivity contribution >= 4 is 5.91 Å². The number of rotatable bonds is 6. The maximum atomic E-state index is 12.0. The minimum Gasteiger partial charge on any atom is -0.372 e. The van der Waals surface area contributed by atoms with E-state index in [1.54, 1.807) is 0 Å². The summed E-state index contributed by atoms with van der Waals surface area (Å²) < 4.78 is 5.20. The zero-order chi connectivity index (χ0) is 11.8. The van der Waals surface area contributed by atoms with Crippen LogP contribution in [0.2, 0.25) is 0 Å². The van der Waals surface area contributed by atoms with Crippen molar-refractivity contribution in [3.05, 3.63) is 0 Å². The highest BCUT2D eigenvalue weighted by molar-refractivity contribution is 5.77. The summed E-state index contributed by atoms with van der Waals surface area (Å²) in [6.07, 6.45) is 3.28. The van der Waals surface area contributed by atoms with Crippen molar-refractivity contribution in [2.45, 2.75) is 39.2 Å². The van der Waals surface area contributed by atoms with Crippen molar-refractivity contribution in [1.29, 1.82) is 0 Å². The second-order valence-corrected chi connectivity index (χ2v) is 4.22. The van der Waals surface area contributed by atoms with E-state index in [9.17, 15) is 4.79 Å². The number of nitrogens with zero attached hydrogens (tertiary/aromatic N) is 1. The van der Waals surface area contributed by atoms with Crippen LogP contribution in [0.4, 0.5) is 0 Å². The van der Waals surface area contributed by atoms with Gasteiger partial charge in [0.25, 0.3) is 0 Å². The Labute approximate surface area is 98.3 Å². The van der Waals surface area contributed by atoms with Crippen LogP contribution in [-0.4, -0.2) is 49.7 Å². The van der Waals surface area contributed by atoms with E-state index in [1.165, 1.54) is 0 Å². The van der Waals surface area contributed by atoms with E-state index in [2.05, 4.69) is 12.2 Å². The van der Waals surface area contributed by atoms with Crippen LogP contribution >= 0.6 is 0 Å². The Morgan fingerprint density at radius 1 is 1.50 bits per heavy atom. The number of hydrogen-bond donors (Lipinski definition) is 1. The van der Waals surface area contributed by atoms with Crippen LogP contribution in [0.25, 0.3) is 0 Å². The summed E-state index contributed by atoms with van der Waals surface area (Å²) in [6, 6.07) is 0.363. The van der Waals surface area contributed by atoms with Gasteiger partial charge in [0.2, 0.25) is 5.91 Å². The molecule has 1 aliphatic heterocycles. The Morgan fingerprint density at radius 2 is 2.31 bits per heavy atom. The Kier molecular flexibility index (Phi) is 6.42. The molecule has 94 valence electrons. The first-order chi connectivity index (χ1) is 7.79. The van der Waals surface area contributed by atoms with Crippen molar-refractivity contribution in [2.24, 2.45) is 0 Å². The first kappa shape index (κ1) is 13.5. The highest BCUT2D eigenvalue weighted by atomic mass is 16.5. The van der Waals surface area contributed by atoms with E-state index >= 15 is 0 Å². The minimum absolute atomic E-state index is 0.136. The number of carbonyl (C=O) groups excluding carboxylic acids is 1. The van der Waals surface area contributed by atoms with Gasteiger partial charge in [0.1, 0.15) is 6.61 Å². The van der Waals surface area contributed by atoms with Crippen molar-refractivity contribution < 1.29 is 9.53 Å². The summed E-state index contributed by atoms with van der Waals surface area (Å²) in [5.41, 5.74) is 0. The Hall–Kier alpha value is -0.610. The predicted octanol–water partition coefficient (Wildman–Crippen LogP) is 1.01. The van der Waals surface area contributed by atoms with Crippen LogP contribution in [0.1, 0.15) is 33.1 Å². The number of carbonyl (C=O) groups is 1. The molecule has 16 heavy (non-hydrogen) atoms. The zero-order valence-corrected chi connectivity index (χ0v) is 10.5. The van der Waals surface area contributed by atoms with Gasteiger partial charge in [0.05, 0.1) is 0 Å². The molecule has 1 heterocycles. The fourth-order valence-electron chi connectivity index (χ4n) is 2.12. The lowest BCUT2D eigenvalue weighted by Gasteiger charge is -2.34. The number of amides is 1. The molecule has 4 nitrogen and oxygen atoms in total. The van der Waals surface area contributed by atoms with Gasteiger partial charge in [-0.3, -0.25) is 4.79 Å². The van der Waals surface area contributed by atoms with Crippen LogP contribution in [-0.2, 0) is 9.53 Å². The summed E-state index contributed by atoms with van der Waals surface area (Å²) in [6.45, 7) is 7.71. The smallest absolute Gasteiger partial charge is 0.248 e. The molecule has 1 N–H and O–H groups in total. The molecule has 1 amide bonds. The van der Waals surface area contributed by atoms with E-state index < -0.39 is 0 Å². The lowest BCUT2D eigenvalue weighted by Crippen LogP contribution is -2.50. The van der Waals surface area contributed by atoms with Gasteiger partial charge in [-0.05, 0) is 32.7 Å². The lowest BCUT2D eigenvalue weighted by molar-refractivity contribution is -0.138. The van der Waals surface area contributed by atoms with Gasteiger partial charge in [-0.1, -0.05) is 6.92 Å². The average Bonchev–Trinajstić information content (AvgIpc) is 2.34. The molecule has 1 atom stereocenters. The van der Waals surface area contributed by atoms with Crippen molar-refractivity contribution in [2.75, 3.05) is 32.8 Å². The first-order valence-electron chi connectivity index (χ1n) is 6.37. The molecule has 1 saturated heterocycles. The highest BCUT2D eigenvalue weighted by Crippen LogP contribution is 2.11. The molecule has 0 aromatic rings. The molecule has 0 bridgehead atoms. The van der Waals surface area contributed by atoms with E-state index in [0.717, 1.165) is 38.9 Å². The topological polar surface area (TPSA) is 41.6 Å². The lowest BCUT2D eigenvalue weighted by atomic mass is 10.1. The summed E-state index contributed by atoms with van der Waals surface area (Å²) in [4.78, 5) is 14.0. The van der Waals surface area contributed by atoms with Gasteiger partial charge >= 0.3 is 0 Å². The van der Waals surface area contributed by atoms with Crippen molar-refractivity contribution in [3.63, 3.8) is 0 Å². The number of hydrogen-bond acceptors (Lipinski definition) is 3. The van der Waals surface area contributed by atoms with Crippen LogP contribution in [0.15, 0.2) is 0 Å². The zero-order valence-electron chi connectivity index (χ0n) is 10.5. The molecule has 1 unspecified atom stereocenters. The molecule has 0 aliphatic carbocycles. The van der Waals surface area contributed by atoms with E-state index in [-0.39, 0.29) is 12.5 Å². The summed E-state index contributed by atoms with van der Waals surface area (Å²) in [5.74, 6) is 0.136. The van der Waals surface area contributed by atoms with E-state index in [4.69, 9.17) is 4.74 Å². The van der Waals surface area contributed by atoms with E-state index in [0.29, 0.717) is 12.6 Å². The fraction of sp³-hybridized carbons (Fsp3) is 0.917. The van der Waals surface area contributed by atoms with Crippen molar-refractivity contribution in [1.82, 2.24) is 10.2 Å². The second kappa shape index (κ2) is 7.63. The molecule has 0 radical (unpaired) electrons. The second-order valence-electron chi connectivity index (χ2n) is 4.22. The van der Waals surface area contributed by atoms with Gasteiger partial charge in [-0.25, -0.2) is 0 Å². The number of ether oxygens (including phenoxy) is 1. The molecule has 1 rings (SSSR count). The molecule has 0 spiro atoms. The van der Waals surface area contributed by atoms with Gasteiger partial charge in [-0.15, -0.1) is 0 Å². The summed E-state index contributed by atoms with van der Waals surface area (Å²) >= 11 is 0. The Bertz CT molecular complexity index is 203. The highest BCUT2D eigenvalue weighted by Gasteiger charge is 2.24. The minimum atomic E-state index is 0.136. The Morgan fingerprint density at radius 3 is 2.88 bits per heavy atom. The van der Waals surface area contributed by atoms with Crippen LogP contribution in [0.3, 0.4) is 0 Å². The quantitative estimate of drug-likeness (QED) is 0.738. The van der Waals surface area contributed by atoms with Gasteiger partial charge in [0, 0.05) is 25.7 Å². The van der Waals surface area contributed by atoms with Gasteiger partial charge in [0.15, 0.2) is 0 Å². The van der Waals surface area contributed by atoms with Crippen LogP contribution in [0, 0.1) is 0 Å². The van der Waals surface area contributed by atoms with Gasteiger partial charge in [-0.2, -0.15) is 0 Å². The molecule has 4 heteroatoms. The normalized spacial score (nSPS) is 20.8. The average molecular weight is 228 g/mol. The number of nitrogens with one attached hydrogen (secondary N) is 1. The third-order valence-corrected chi connectivity index (χ3v) is 2.93. The molecule has 1 aliphatic rings. The SMILES string of the molecule is CCCN(C(=O)COCC)C1CCCNC1. The van der Waals surface area contributed by atoms with Crippen LogP contribution in [0.5, 0.6) is 0 Å². The predicted molar refractivity (Wildman–Crippen MR) is 64.4 cm³/mol. The number of piperidine rings is 1. The Balaban J connectivity index is 2.47. The van der Waals surface area contributed by atoms with E-state index in [1.807, 2.05) is 11.8 Å². The molecule has 0 saturated carbocycles. The molecule has 0 aromatic heterocycles. The molecule has 1 fully saturated rings. The van der Waals surface area contributed by atoms with Crippen LogP contribution < -0.4 is 5.32 Å². The fourth-order valence-corrected chi connectivity index (χ4v) is 2.12. The maximum absolute atomic E-state index is 12.0. The summed E-state index contributed by atoms with van der Waals surface area (Å²) in [7, 11) is 0. The molecular formula is C12H24N2O2. The van der Waals surface area contributed by atoms with Gasteiger partial charge < -0.3 is 15.0 Å². The third-order valence-electron chi connectivity index (χ3n) is 2.93. The first-order valence-corrected chi connectivity index (χ1v) is 6.37. The monoisotopic (exact) mass is 228 g/mol. The molecular weight excluding hydrogens is 204 g/mol.